The SMILES string of the molecule is CCOC(=O)C1([Se]c2ccccc2)CCC2(CC1)OCCO2. The van der Waals surface area contributed by atoms with Crippen LogP contribution in [-0.4, -0.2) is 46.5 Å². The van der Waals surface area contributed by atoms with Crippen molar-refractivity contribution >= 4 is 25.4 Å². The average molecular weight is 369 g/mol. The van der Waals surface area contributed by atoms with Crippen LogP contribution in [0.25, 0.3) is 0 Å². The van der Waals surface area contributed by atoms with E-state index in [1.165, 1.54) is 4.46 Å². The number of hydrogen-bond donors (Lipinski definition) is 0. The molecule has 0 N–H and O–H groups in total. The van der Waals surface area contributed by atoms with E-state index in [2.05, 4.69) is 12.1 Å². The summed E-state index contributed by atoms with van der Waals surface area (Å²) < 4.78 is 17.9. The second-order valence-corrected chi connectivity index (χ2v) is 8.79. The summed E-state index contributed by atoms with van der Waals surface area (Å²) in [5, 5.41) is 0. The van der Waals surface area contributed by atoms with E-state index >= 15 is 0 Å². The molecule has 1 aromatic rings. The Kier molecular flexibility index (Phi) is 4.88. The molecule has 1 aliphatic carbocycles. The Balaban J connectivity index is 1.77. The van der Waals surface area contributed by atoms with Gasteiger partial charge in [0.25, 0.3) is 0 Å². The van der Waals surface area contributed by atoms with E-state index in [1.807, 2.05) is 25.1 Å². The zero-order valence-electron chi connectivity index (χ0n) is 12.9. The van der Waals surface area contributed by atoms with E-state index in [9.17, 15) is 4.79 Å². The number of ether oxygens (including phenoxy) is 3. The van der Waals surface area contributed by atoms with Gasteiger partial charge in [0.2, 0.25) is 0 Å². The van der Waals surface area contributed by atoms with Crippen LogP contribution in [-0.2, 0) is 19.0 Å². The zero-order chi connectivity index (χ0) is 15.5. The molecular weight excluding hydrogens is 347 g/mol. The molecule has 0 unspecified atom stereocenters. The first kappa shape index (κ1) is 16.0. The van der Waals surface area contributed by atoms with Crippen molar-refractivity contribution in [3.8, 4) is 0 Å². The van der Waals surface area contributed by atoms with Crippen molar-refractivity contribution < 1.29 is 19.0 Å². The van der Waals surface area contributed by atoms with Crippen molar-refractivity contribution in [1.29, 1.82) is 0 Å². The van der Waals surface area contributed by atoms with Gasteiger partial charge in [-0.3, -0.25) is 0 Å². The maximum atomic E-state index is 12.6. The first-order valence-electron chi connectivity index (χ1n) is 7.87. The van der Waals surface area contributed by atoms with E-state index in [-0.39, 0.29) is 25.2 Å². The molecule has 1 heterocycles. The first-order chi connectivity index (χ1) is 10.7. The van der Waals surface area contributed by atoms with Crippen molar-refractivity contribution in [1.82, 2.24) is 0 Å². The Morgan fingerprint density at radius 1 is 1.14 bits per heavy atom. The number of benzene rings is 1. The first-order valence-corrected chi connectivity index (χ1v) is 9.59. The Morgan fingerprint density at radius 3 is 2.36 bits per heavy atom. The maximum absolute atomic E-state index is 12.6. The third-order valence-electron chi connectivity index (χ3n) is 4.34. The van der Waals surface area contributed by atoms with Crippen LogP contribution in [0.2, 0.25) is 4.31 Å². The molecule has 1 aliphatic heterocycles. The Labute approximate surface area is 137 Å². The summed E-state index contributed by atoms with van der Waals surface area (Å²) in [6.45, 7) is 3.63. The van der Waals surface area contributed by atoms with Crippen LogP contribution in [0.1, 0.15) is 32.6 Å². The van der Waals surface area contributed by atoms with Gasteiger partial charge >= 0.3 is 137 Å². The Morgan fingerprint density at radius 2 is 1.77 bits per heavy atom. The van der Waals surface area contributed by atoms with Crippen LogP contribution >= 0.6 is 0 Å². The number of rotatable bonds is 4. The Hall–Kier alpha value is -0.871. The zero-order valence-corrected chi connectivity index (χ0v) is 14.6. The van der Waals surface area contributed by atoms with Crippen LogP contribution in [0.15, 0.2) is 30.3 Å². The fourth-order valence-electron chi connectivity index (χ4n) is 3.15. The second kappa shape index (κ2) is 6.71. The summed E-state index contributed by atoms with van der Waals surface area (Å²) in [4.78, 5) is 12.6. The summed E-state index contributed by atoms with van der Waals surface area (Å²) in [7, 11) is 0. The number of carbonyl (C=O) groups is 1. The quantitative estimate of drug-likeness (QED) is 0.602. The van der Waals surface area contributed by atoms with Gasteiger partial charge in [0.15, 0.2) is 0 Å². The predicted octanol–water partition coefficient (Wildman–Crippen LogP) is 2.05. The summed E-state index contributed by atoms with van der Waals surface area (Å²) in [5.74, 6) is -0.491. The molecule has 22 heavy (non-hydrogen) atoms. The van der Waals surface area contributed by atoms with Crippen molar-refractivity contribution in [2.24, 2.45) is 0 Å². The third-order valence-corrected chi connectivity index (χ3v) is 7.43. The normalized spacial score (nSPS) is 22.6. The molecule has 1 saturated heterocycles. The molecule has 1 spiro atoms. The monoisotopic (exact) mass is 370 g/mol. The summed E-state index contributed by atoms with van der Waals surface area (Å²) in [5.41, 5.74) is 0. The molecule has 2 aliphatic rings. The summed E-state index contributed by atoms with van der Waals surface area (Å²) in [6.07, 6.45) is 3.11. The molecule has 2 fully saturated rings. The van der Waals surface area contributed by atoms with E-state index < -0.39 is 5.79 Å². The standard InChI is InChI=1S/C17H22O4Se/c1-2-19-15(18)16(22-14-6-4-3-5-7-14)8-10-17(11-9-16)20-12-13-21-17/h3-7H,2,8-13H2,1H3. The van der Waals surface area contributed by atoms with Crippen molar-refractivity contribution in [2.45, 2.75) is 42.7 Å². The van der Waals surface area contributed by atoms with E-state index in [1.54, 1.807) is 0 Å². The average Bonchev–Trinajstić information content (AvgIpc) is 3.00. The second-order valence-electron chi connectivity index (χ2n) is 5.74. The molecule has 1 aromatic carbocycles. The van der Waals surface area contributed by atoms with Crippen LogP contribution in [0.3, 0.4) is 0 Å². The fraction of sp³-hybridized carbons (Fsp3) is 0.588. The van der Waals surface area contributed by atoms with Crippen molar-refractivity contribution in [3.63, 3.8) is 0 Å². The molecule has 0 bridgehead atoms. The van der Waals surface area contributed by atoms with Gasteiger partial charge in [-0.15, -0.1) is 0 Å². The number of esters is 1. The van der Waals surface area contributed by atoms with Gasteiger partial charge in [0, 0.05) is 0 Å². The molecule has 0 aromatic heterocycles. The van der Waals surface area contributed by atoms with Gasteiger partial charge in [-0.2, -0.15) is 0 Å². The molecule has 0 radical (unpaired) electrons. The van der Waals surface area contributed by atoms with Crippen LogP contribution in [0.4, 0.5) is 0 Å². The van der Waals surface area contributed by atoms with E-state index in [0.29, 0.717) is 19.8 Å². The van der Waals surface area contributed by atoms with E-state index in [0.717, 1.165) is 25.7 Å². The number of carbonyl (C=O) groups excluding carboxylic acids is 1. The molecule has 1 saturated carbocycles. The van der Waals surface area contributed by atoms with Gasteiger partial charge in [-0.1, -0.05) is 0 Å². The van der Waals surface area contributed by atoms with E-state index in [4.69, 9.17) is 14.2 Å². The fourth-order valence-corrected chi connectivity index (χ4v) is 5.86. The Bertz CT molecular complexity index is 501. The van der Waals surface area contributed by atoms with Crippen molar-refractivity contribution in [2.75, 3.05) is 19.8 Å². The van der Waals surface area contributed by atoms with Crippen LogP contribution < -0.4 is 4.46 Å². The molecule has 0 amide bonds. The molecule has 3 rings (SSSR count). The van der Waals surface area contributed by atoms with Gasteiger partial charge in [-0.05, 0) is 0 Å². The van der Waals surface area contributed by atoms with Gasteiger partial charge in [0.05, 0.1) is 0 Å². The molecule has 5 heteroatoms. The summed E-state index contributed by atoms with van der Waals surface area (Å²) in [6, 6.07) is 10.3. The molecule has 0 atom stereocenters. The molecule has 120 valence electrons. The minimum atomic E-state index is -0.442. The van der Waals surface area contributed by atoms with Crippen LogP contribution in [0, 0.1) is 0 Å². The molecular formula is C17H22O4Se. The van der Waals surface area contributed by atoms with Crippen molar-refractivity contribution in [3.05, 3.63) is 30.3 Å². The summed E-state index contributed by atoms with van der Waals surface area (Å²) >= 11 is 0.0563. The minimum absolute atomic E-state index is 0.0494. The van der Waals surface area contributed by atoms with Gasteiger partial charge < -0.3 is 0 Å². The predicted molar refractivity (Wildman–Crippen MR) is 84.3 cm³/mol. The molecule has 4 nitrogen and oxygen atoms in total. The third kappa shape index (κ3) is 3.23. The topological polar surface area (TPSA) is 44.8 Å². The van der Waals surface area contributed by atoms with Gasteiger partial charge in [0.1, 0.15) is 0 Å². The number of hydrogen-bond acceptors (Lipinski definition) is 4. The van der Waals surface area contributed by atoms with Crippen LogP contribution in [0.5, 0.6) is 0 Å². The van der Waals surface area contributed by atoms with Gasteiger partial charge in [-0.25, -0.2) is 0 Å².